The van der Waals surface area contributed by atoms with E-state index in [-0.39, 0.29) is 35.1 Å². The molecule has 0 radical (unpaired) electrons. The Morgan fingerprint density at radius 3 is 2.00 bits per heavy atom. The second kappa shape index (κ2) is 20.1. The topological polar surface area (TPSA) is 183 Å². The molecule has 16 heteroatoms. The van der Waals surface area contributed by atoms with Gasteiger partial charge in [-0.05, 0) is 77.2 Å². The molecule has 0 saturated carbocycles. The summed E-state index contributed by atoms with van der Waals surface area (Å²) in [4.78, 5) is 64.1. The third-order valence-electron chi connectivity index (χ3n) is 7.32. The minimum Gasteiger partial charge on any atom is -0.436 e. The number of unbranched alkanes of at least 4 members (excludes halogenated alkanes) is 4. The van der Waals surface area contributed by atoms with Gasteiger partial charge in [-0.2, -0.15) is 0 Å². The van der Waals surface area contributed by atoms with Crippen LogP contribution in [0, 0.1) is 0 Å². The van der Waals surface area contributed by atoms with E-state index in [1.165, 1.54) is 12.1 Å². The van der Waals surface area contributed by atoms with Crippen molar-refractivity contribution in [2.45, 2.75) is 110 Å². The highest BCUT2D eigenvalue weighted by molar-refractivity contribution is 6.82. The molecule has 2 aromatic rings. The van der Waals surface area contributed by atoms with Crippen molar-refractivity contribution in [3.8, 4) is 0 Å². The Hall–Kier alpha value is -3.35. The Morgan fingerprint density at radius 2 is 1.40 bits per heavy atom. The predicted octanol–water partition coefficient (Wildman–Crippen LogP) is 5.32. The van der Waals surface area contributed by atoms with Gasteiger partial charge in [-0.15, -0.1) is 0 Å². The van der Waals surface area contributed by atoms with Gasteiger partial charge in [-0.1, -0.05) is 33.1 Å². The predicted molar refractivity (Wildman–Crippen MR) is 191 cm³/mol. The molecular formula is C31H56N8O6Si2. The zero-order valence-corrected chi connectivity index (χ0v) is 31.3. The van der Waals surface area contributed by atoms with Crippen molar-refractivity contribution in [1.82, 2.24) is 30.2 Å². The molecule has 0 fully saturated rings. The molecule has 264 valence electrons. The minimum absolute atomic E-state index is 0.151. The van der Waals surface area contributed by atoms with E-state index in [9.17, 15) is 19.2 Å². The molecule has 0 unspecified atom stereocenters. The summed E-state index contributed by atoms with van der Waals surface area (Å²) in [6.07, 6.45) is 8.31. The van der Waals surface area contributed by atoms with Crippen LogP contribution in [0.1, 0.15) is 76.6 Å². The Kier molecular flexibility index (Phi) is 17.0. The third-order valence-corrected chi connectivity index (χ3v) is 14.0. The van der Waals surface area contributed by atoms with Gasteiger partial charge in [-0.25, -0.2) is 19.6 Å². The molecule has 0 aromatic carbocycles. The number of carbonyl (C=O) groups is 2. The maximum atomic E-state index is 12.4. The van der Waals surface area contributed by atoms with Crippen molar-refractivity contribution in [2.75, 3.05) is 37.4 Å². The van der Waals surface area contributed by atoms with Crippen molar-refractivity contribution < 1.29 is 18.1 Å². The number of aromatic amines is 2. The van der Waals surface area contributed by atoms with Crippen molar-refractivity contribution in [1.29, 1.82) is 0 Å². The van der Waals surface area contributed by atoms with E-state index in [1.54, 1.807) is 11.9 Å². The standard InChI is InChI=1S/C31H56N8O6Si2/c1-8-10-18-32-30(42)37-28-33-25(23-26(40)35-28)17-13-15-21-46(4,5)45-47(6,7)44-20-14-12-16-24-22-27(41)36-29(34-24)38-31(43)39(3)19-11-9-2/h22-23H,8-21H2,1-7H3,(H2,34,36,38,41,43)(H3,32,33,35,37,40,42). The normalized spacial score (nSPS) is 11.7. The van der Waals surface area contributed by atoms with Gasteiger partial charge >= 0.3 is 20.6 Å². The molecule has 0 bridgehead atoms. The summed E-state index contributed by atoms with van der Waals surface area (Å²) in [6.45, 7) is 14.4. The molecule has 2 rings (SSSR count). The van der Waals surface area contributed by atoms with E-state index in [0.717, 1.165) is 57.4 Å². The molecule has 0 aliphatic heterocycles. The number of H-pyrrole nitrogens is 2. The summed E-state index contributed by atoms with van der Waals surface area (Å²) < 4.78 is 12.8. The summed E-state index contributed by atoms with van der Waals surface area (Å²) in [5, 5.41) is 8.02. The smallest absolute Gasteiger partial charge is 0.323 e. The van der Waals surface area contributed by atoms with Crippen molar-refractivity contribution >= 4 is 40.8 Å². The van der Waals surface area contributed by atoms with Crippen LogP contribution >= 0.6 is 0 Å². The number of hydrogen-bond acceptors (Lipinski definition) is 8. The van der Waals surface area contributed by atoms with Gasteiger partial charge in [0.1, 0.15) is 0 Å². The Labute approximate surface area is 280 Å². The number of nitrogens with zero attached hydrogens (tertiary/aromatic N) is 3. The summed E-state index contributed by atoms with van der Waals surface area (Å²) in [5.74, 6) is 0.307. The summed E-state index contributed by atoms with van der Waals surface area (Å²) in [7, 11) is -2.65. The lowest BCUT2D eigenvalue weighted by molar-refractivity contribution is 0.221. The number of rotatable bonds is 21. The second-order valence-electron chi connectivity index (χ2n) is 12.9. The largest absolute Gasteiger partial charge is 0.436 e. The van der Waals surface area contributed by atoms with Gasteiger partial charge in [0.25, 0.3) is 11.1 Å². The van der Waals surface area contributed by atoms with E-state index < -0.39 is 16.9 Å². The van der Waals surface area contributed by atoms with Gasteiger partial charge in [0.15, 0.2) is 8.32 Å². The van der Waals surface area contributed by atoms with E-state index in [1.807, 2.05) is 6.92 Å². The first-order valence-corrected chi connectivity index (χ1v) is 22.8. The van der Waals surface area contributed by atoms with Gasteiger partial charge in [0.2, 0.25) is 11.9 Å². The maximum absolute atomic E-state index is 12.4. The molecule has 14 nitrogen and oxygen atoms in total. The molecule has 47 heavy (non-hydrogen) atoms. The molecule has 4 amide bonds. The molecule has 0 atom stereocenters. The zero-order chi connectivity index (χ0) is 34.9. The fourth-order valence-corrected chi connectivity index (χ4v) is 12.6. The first kappa shape index (κ1) is 39.8. The molecule has 2 heterocycles. The highest BCUT2D eigenvalue weighted by Crippen LogP contribution is 2.22. The number of anilines is 2. The summed E-state index contributed by atoms with van der Waals surface area (Å²) >= 11 is 0. The number of carbonyl (C=O) groups excluding carboxylic acids is 2. The number of nitrogens with one attached hydrogen (secondary N) is 5. The Morgan fingerprint density at radius 1 is 0.830 bits per heavy atom. The summed E-state index contributed by atoms with van der Waals surface area (Å²) in [5.41, 5.74) is 0.666. The van der Waals surface area contributed by atoms with Crippen LogP contribution in [0.4, 0.5) is 21.5 Å². The lowest BCUT2D eigenvalue weighted by atomic mass is 10.2. The van der Waals surface area contributed by atoms with Gasteiger partial charge in [-0.3, -0.25) is 30.2 Å². The monoisotopic (exact) mass is 692 g/mol. The van der Waals surface area contributed by atoms with E-state index in [0.29, 0.717) is 43.9 Å². The van der Waals surface area contributed by atoms with Crippen LogP contribution in [0.5, 0.6) is 0 Å². The Bertz CT molecular complexity index is 1380. The number of amides is 4. The van der Waals surface area contributed by atoms with Gasteiger partial charge < -0.3 is 18.8 Å². The van der Waals surface area contributed by atoms with Gasteiger partial charge in [0.05, 0.1) is 0 Å². The molecule has 0 spiro atoms. The number of hydrogen-bond donors (Lipinski definition) is 5. The first-order valence-electron chi connectivity index (χ1n) is 16.8. The van der Waals surface area contributed by atoms with E-state index >= 15 is 0 Å². The van der Waals surface area contributed by atoms with Crippen LogP contribution in [0.3, 0.4) is 0 Å². The zero-order valence-electron chi connectivity index (χ0n) is 29.3. The van der Waals surface area contributed by atoms with Crippen molar-refractivity contribution in [2.24, 2.45) is 0 Å². The SMILES string of the molecule is CCCCNC(=O)Nc1nc(CCCC[Si](C)(C)O[Si](C)(C)OCCCCc2cc(=O)[nH]c(NC(=O)N(C)CCCC)n2)cc(=O)[nH]1. The fraction of sp³-hybridized carbons (Fsp3) is 0.677. The molecule has 0 aliphatic carbocycles. The number of aromatic nitrogens is 4. The fourth-order valence-electron chi connectivity index (χ4n) is 4.94. The molecule has 5 N–H and O–H groups in total. The van der Waals surface area contributed by atoms with Crippen LogP contribution in [0.2, 0.25) is 32.2 Å². The second-order valence-corrected chi connectivity index (χ2v) is 20.8. The number of aryl methyl sites for hydroxylation is 2. The highest BCUT2D eigenvalue weighted by atomic mass is 28.4. The molecule has 0 aliphatic rings. The summed E-state index contributed by atoms with van der Waals surface area (Å²) in [6, 6.07) is 3.19. The van der Waals surface area contributed by atoms with Crippen LogP contribution in [0.25, 0.3) is 0 Å². The van der Waals surface area contributed by atoms with E-state index in [4.69, 9.17) is 8.54 Å². The van der Waals surface area contributed by atoms with Crippen LogP contribution in [-0.2, 0) is 21.4 Å². The lowest BCUT2D eigenvalue weighted by Gasteiger charge is -2.33. The third kappa shape index (κ3) is 16.9. The first-order chi connectivity index (χ1) is 22.2. The van der Waals surface area contributed by atoms with Gasteiger partial charge in [0, 0.05) is 50.3 Å². The lowest BCUT2D eigenvalue weighted by Crippen LogP contribution is -2.46. The average molecular weight is 693 g/mol. The maximum Gasteiger partial charge on any atom is 0.323 e. The number of urea groups is 2. The van der Waals surface area contributed by atoms with Crippen molar-refractivity contribution in [3.63, 3.8) is 0 Å². The van der Waals surface area contributed by atoms with Crippen LogP contribution in [-0.4, -0.2) is 80.5 Å². The molecule has 2 aromatic heterocycles. The van der Waals surface area contributed by atoms with Crippen LogP contribution < -0.4 is 27.1 Å². The Balaban J connectivity index is 1.73. The quantitative estimate of drug-likeness (QED) is 0.0860. The van der Waals surface area contributed by atoms with Crippen molar-refractivity contribution in [3.05, 3.63) is 44.2 Å². The molecular weight excluding hydrogens is 637 g/mol. The van der Waals surface area contributed by atoms with Crippen LogP contribution in [0.15, 0.2) is 21.7 Å². The molecule has 0 saturated heterocycles. The average Bonchev–Trinajstić information content (AvgIpc) is 2.97. The highest BCUT2D eigenvalue weighted by Gasteiger charge is 2.34. The minimum atomic E-state index is -2.36. The van der Waals surface area contributed by atoms with E-state index in [2.05, 4.69) is 69.0 Å².